The maximum absolute atomic E-state index is 5.38. The van der Waals surface area contributed by atoms with Crippen LogP contribution >= 0.6 is 11.6 Å². The van der Waals surface area contributed by atoms with Crippen molar-refractivity contribution in [3.63, 3.8) is 0 Å². The minimum Gasteiger partial charge on any atom is -0.279 e. The van der Waals surface area contributed by atoms with Crippen molar-refractivity contribution in [2.75, 3.05) is 11.3 Å². The Morgan fingerprint density at radius 3 is 2.73 bits per heavy atom. The van der Waals surface area contributed by atoms with Crippen LogP contribution in [-0.2, 0) is 0 Å². The smallest absolute Gasteiger partial charge is 0.0595 e. The molecule has 0 aliphatic heterocycles. The minimum atomic E-state index is 0.430. The molecule has 1 aromatic carbocycles. The minimum absolute atomic E-state index is 0.430. The number of benzene rings is 1. The highest BCUT2D eigenvalue weighted by atomic mass is 35.5. The van der Waals surface area contributed by atoms with Crippen LogP contribution in [0.25, 0.3) is 0 Å². The zero-order valence-electron chi connectivity index (χ0n) is 6.00. The van der Waals surface area contributed by atoms with Gasteiger partial charge in [-0.2, -0.15) is 5.10 Å². The van der Waals surface area contributed by atoms with E-state index in [1.807, 2.05) is 30.3 Å². The van der Waals surface area contributed by atoms with E-state index in [4.69, 9.17) is 11.6 Å². The quantitative estimate of drug-likeness (QED) is 0.418. The molecule has 0 saturated heterocycles. The third-order valence-corrected chi connectivity index (χ3v) is 1.27. The van der Waals surface area contributed by atoms with Crippen molar-refractivity contribution in [1.82, 2.24) is 0 Å². The van der Waals surface area contributed by atoms with Gasteiger partial charge in [0.2, 0.25) is 0 Å². The van der Waals surface area contributed by atoms with E-state index in [1.165, 1.54) is 0 Å². The Balaban J connectivity index is 2.45. The van der Waals surface area contributed by atoms with E-state index in [1.54, 1.807) is 6.21 Å². The first-order valence-corrected chi connectivity index (χ1v) is 3.85. The van der Waals surface area contributed by atoms with E-state index in [0.29, 0.717) is 5.88 Å². The van der Waals surface area contributed by atoms with Gasteiger partial charge in [-0.25, -0.2) is 0 Å². The first kappa shape index (κ1) is 8.08. The van der Waals surface area contributed by atoms with E-state index in [-0.39, 0.29) is 0 Å². The van der Waals surface area contributed by atoms with Crippen LogP contribution in [-0.4, -0.2) is 12.1 Å². The van der Waals surface area contributed by atoms with Gasteiger partial charge in [-0.05, 0) is 12.1 Å². The highest BCUT2D eigenvalue weighted by molar-refractivity contribution is 6.24. The summed E-state index contributed by atoms with van der Waals surface area (Å²) < 4.78 is 0. The standard InChI is InChI=1S/C8H9ClN2/c9-6-7-10-11-8-4-2-1-3-5-8/h1-5,7,11H,6H2/b10-7+. The number of nitrogens with one attached hydrogen (secondary N) is 1. The average Bonchev–Trinajstić information content (AvgIpc) is 2.07. The van der Waals surface area contributed by atoms with Crippen molar-refractivity contribution < 1.29 is 0 Å². The molecular formula is C8H9ClN2. The number of rotatable bonds is 3. The lowest BCUT2D eigenvalue weighted by Gasteiger charge is -1.96. The van der Waals surface area contributed by atoms with E-state index < -0.39 is 0 Å². The van der Waals surface area contributed by atoms with Gasteiger partial charge in [0.25, 0.3) is 0 Å². The SMILES string of the molecule is ClC/C=N/Nc1ccccc1. The Bertz CT molecular complexity index is 221. The second-order valence-electron chi connectivity index (χ2n) is 1.94. The Morgan fingerprint density at radius 2 is 2.09 bits per heavy atom. The molecule has 58 valence electrons. The van der Waals surface area contributed by atoms with Gasteiger partial charge >= 0.3 is 0 Å². The van der Waals surface area contributed by atoms with Crippen molar-refractivity contribution in [2.45, 2.75) is 0 Å². The molecule has 1 aromatic rings. The number of hydrogen-bond donors (Lipinski definition) is 1. The summed E-state index contributed by atoms with van der Waals surface area (Å²) in [5.74, 6) is 0.430. The molecular weight excluding hydrogens is 160 g/mol. The molecule has 1 N–H and O–H groups in total. The van der Waals surface area contributed by atoms with Crippen LogP contribution in [0, 0.1) is 0 Å². The molecule has 11 heavy (non-hydrogen) atoms. The van der Waals surface area contributed by atoms with E-state index >= 15 is 0 Å². The van der Waals surface area contributed by atoms with Crippen molar-refractivity contribution >= 4 is 23.5 Å². The first-order chi connectivity index (χ1) is 5.43. The molecule has 0 amide bonds. The number of hydrazone groups is 1. The molecule has 2 nitrogen and oxygen atoms in total. The predicted molar refractivity (Wildman–Crippen MR) is 49.3 cm³/mol. The fourth-order valence-corrected chi connectivity index (χ4v) is 0.736. The molecule has 0 aromatic heterocycles. The van der Waals surface area contributed by atoms with Crippen LogP contribution in [0.15, 0.2) is 35.4 Å². The molecule has 0 fully saturated rings. The van der Waals surface area contributed by atoms with Gasteiger partial charge in [0.1, 0.15) is 0 Å². The van der Waals surface area contributed by atoms with E-state index in [0.717, 1.165) is 5.69 Å². The highest BCUT2D eigenvalue weighted by Gasteiger charge is 1.82. The topological polar surface area (TPSA) is 24.4 Å². The third kappa shape index (κ3) is 3.05. The Hall–Kier alpha value is -1.02. The van der Waals surface area contributed by atoms with Crippen LogP contribution in [0.3, 0.4) is 0 Å². The molecule has 0 atom stereocenters. The van der Waals surface area contributed by atoms with E-state index in [2.05, 4.69) is 10.5 Å². The summed E-state index contributed by atoms with van der Waals surface area (Å²) in [6.07, 6.45) is 1.61. The number of nitrogens with zero attached hydrogens (tertiary/aromatic N) is 1. The molecule has 0 radical (unpaired) electrons. The molecule has 3 heteroatoms. The molecule has 0 spiro atoms. The maximum atomic E-state index is 5.38. The molecule has 0 bridgehead atoms. The summed E-state index contributed by atoms with van der Waals surface area (Å²) in [4.78, 5) is 0. The normalized spacial score (nSPS) is 10.3. The molecule has 0 unspecified atom stereocenters. The number of halogens is 1. The Kier molecular flexibility index (Phi) is 3.48. The summed E-state index contributed by atoms with van der Waals surface area (Å²) in [5.41, 5.74) is 3.80. The Labute approximate surface area is 70.9 Å². The molecule has 0 aliphatic rings. The average molecular weight is 169 g/mol. The third-order valence-electron chi connectivity index (χ3n) is 1.13. The lowest BCUT2D eigenvalue weighted by molar-refractivity contribution is 1.35. The van der Waals surface area contributed by atoms with Crippen molar-refractivity contribution in [3.8, 4) is 0 Å². The zero-order valence-corrected chi connectivity index (χ0v) is 6.75. The second-order valence-corrected chi connectivity index (χ2v) is 2.25. The lowest BCUT2D eigenvalue weighted by Crippen LogP contribution is -1.88. The van der Waals surface area contributed by atoms with Gasteiger partial charge in [0, 0.05) is 6.21 Å². The number of alkyl halides is 1. The van der Waals surface area contributed by atoms with Crippen molar-refractivity contribution in [1.29, 1.82) is 0 Å². The van der Waals surface area contributed by atoms with Gasteiger partial charge in [-0.15, -0.1) is 11.6 Å². The van der Waals surface area contributed by atoms with Crippen LogP contribution in [0.5, 0.6) is 0 Å². The molecule has 0 aliphatic carbocycles. The maximum Gasteiger partial charge on any atom is 0.0595 e. The zero-order chi connectivity index (χ0) is 7.94. The van der Waals surface area contributed by atoms with Crippen LogP contribution in [0.1, 0.15) is 0 Å². The number of anilines is 1. The van der Waals surface area contributed by atoms with Gasteiger partial charge < -0.3 is 0 Å². The predicted octanol–water partition coefficient (Wildman–Crippen LogP) is 2.32. The summed E-state index contributed by atoms with van der Waals surface area (Å²) in [7, 11) is 0. The summed E-state index contributed by atoms with van der Waals surface area (Å²) in [5, 5.41) is 3.85. The summed E-state index contributed by atoms with van der Waals surface area (Å²) in [6.45, 7) is 0. The van der Waals surface area contributed by atoms with Crippen LogP contribution in [0.4, 0.5) is 5.69 Å². The Morgan fingerprint density at radius 1 is 1.36 bits per heavy atom. The van der Waals surface area contributed by atoms with Gasteiger partial charge in [0.05, 0.1) is 11.6 Å². The first-order valence-electron chi connectivity index (χ1n) is 3.32. The fourth-order valence-electron chi connectivity index (χ4n) is 0.667. The monoisotopic (exact) mass is 168 g/mol. The van der Waals surface area contributed by atoms with Gasteiger partial charge in [0.15, 0.2) is 0 Å². The van der Waals surface area contributed by atoms with Crippen molar-refractivity contribution in [2.24, 2.45) is 5.10 Å². The molecule has 0 heterocycles. The van der Waals surface area contributed by atoms with E-state index in [9.17, 15) is 0 Å². The molecule has 0 saturated carbocycles. The second kappa shape index (κ2) is 4.74. The van der Waals surface area contributed by atoms with Crippen LogP contribution < -0.4 is 5.43 Å². The van der Waals surface area contributed by atoms with Gasteiger partial charge in [-0.1, -0.05) is 18.2 Å². The van der Waals surface area contributed by atoms with Crippen molar-refractivity contribution in [3.05, 3.63) is 30.3 Å². The summed E-state index contributed by atoms with van der Waals surface area (Å²) in [6, 6.07) is 9.71. The van der Waals surface area contributed by atoms with Crippen LogP contribution in [0.2, 0.25) is 0 Å². The number of hydrogen-bond acceptors (Lipinski definition) is 2. The fraction of sp³-hybridized carbons (Fsp3) is 0.125. The van der Waals surface area contributed by atoms with Gasteiger partial charge in [-0.3, -0.25) is 5.43 Å². The largest absolute Gasteiger partial charge is 0.279 e. The number of para-hydroxylation sites is 1. The molecule has 1 rings (SSSR count). The lowest BCUT2D eigenvalue weighted by atomic mass is 10.3. The highest BCUT2D eigenvalue weighted by Crippen LogP contribution is 2.03. The summed E-state index contributed by atoms with van der Waals surface area (Å²) >= 11 is 5.38.